The number of carbonyl (C=O) groups is 2. The predicted molar refractivity (Wildman–Crippen MR) is 74.2 cm³/mol. The van der Waals surface area contributed by atoms with E-state index in [4.69, 9.17) is 5.11 Å². The first-order valence-corrected chi connectivity index (χ1v) is 6.47. The average Bonchev–Trinajstić information content (AvgIpc) is 2.78. The van der Waals surface area contributed by atoms with E-state index < -0.39 is 5.97 Å². The van der Waals surface area contributed by atoms with Gasteiger partial charge in [0.05, 0.1) is 23.8 Å². The van der Waals surface area contributed by atoms with Crippen LogP contribution in [-0.4, -0.2) is 32.6 Å². The van der Waals surface area contributed by atoms with E-state index in [2.05, 4.69) is 10.3 Å². The van der Waals surface area contributed by atoms with Gasteiger partial charge in [0.1, 0.15) is 0 Å². The Morgan fingerprint density at radius 1 is 1.40 bits per heavy atom. The van der Waals surface area contributed by atoms with Crippen molar-refractivity contribution in [2.75, 3.05) is 0 Å². The van der Waals surface area contributed by atoms with Crippen LogP contribution in [0.4, 0.5) is 0 Å². The van der Waals surface area contributed by atoms with Crippen LogP contribution in [-0.2, 0) is 16.1 Å². The van der Waals surface area contributed by atoms with Crippen LogP contribution >= 0.6 is 0 Å². The topological polar surface area (TPSA) is 84.2 Å². The number of rotatable bonds is 6. The van der Waals surface area contributed by atoms with Crippen LogP contribution in [0.2, 0.25) is 0 Å². The molecule has 0 spiro atoms. The number of carboxylic acid groups (broad SMARTS) is 1. The summed E-state index contributed by atoms with van der Waals surface area (Å²) in [4.78, 5) is 26.5. The third kappa shape index (κ3) is 3.57. The first kappa shape index (κ1) is 14.0. The van der Waals surface area contributed by atoms with Crippen LogP contribution in [0, 0.1) is 0 Å². The lowest BCUT2D eigenvalue weighted by Crippen LogP contribution is -2.34. The van der Waals surface area contributed by atoms with Crippen LogP contribution in [0.5, 0.6) is 0 Å². The highest BCUT2D eigenvalue weighted by Crippen LogP contribution is 2.12. The number of aliphatic carboxylic acids is 1. The zero-order valence-electron chi connectivity index (χ0n) is 11.2. The summed E-state index contributed by atoms with van der Waals surface area (Å²) in [6.45, 7) is 2.20. The van der Waals surface area contributed by atoms with E-state index in [1.165, 1.54) is 0 Å². The SMILES string of the molecule is CC(CC(=O)O)NC(=O)CCn1cnc2ccccc21. The Hall–Kier alpha value is -2.37. The second-order valence-electron chi connectivity index (χ2n) is 4.74. The summed E-state index contributed by atoms with van der Waals surface area (Å²) >= 11 is 0. The molecular formula is C14H17N3O3. The summed E-state index contributed by atoms with van der Waals surface area (Å²) in [5.41, 5.74) is 1.88. The molecule has 106 valence electrons. The van der Waals surface area contributed by atoms with E-state index in [9.17, 15) is 9.59 Å². The number of aromatic nitrogens is 2. The van der Waals surface area contributed by atoms with Gasteiger partial charge in [-0.2, -0.15) is 0 Å². The highest BCUT2D eigenvalue weighted by molar-refractivity contribution is 5.78. The number of carbonyl (C=O) groups excluding carboxylic acids is 1. The number of nitrogens with zero attached hydrogens (tertiary/aromatic N) is 2. The minimum absolute atomic E-state index is 0.0697. The standard InChI is InChI=1S/C14H17N3O3/c1-10(8-14(19)20)16-13(18)6-7-17-9-15-11-4-2-3-5-12(11)17/h2-5,9-10H,6-8H2,1H3,(H,16,18)(H,19,20). The van der Waals surface area contributed by atoms with Crippen molar-refractivity contribution < 1.29 is 14.7 Å². The smallest absolute Gasteiger partial charge is 0.305 e. The van der Waals surface area contributed by atoms with Crippen molar-refractivity contribution in [3.8, 4) is 0 Å². The Kier molecular flexibility index (Phi) is 4.34. The van der Waals surface area contributed by atoms with Gasteiger partial charge in [-0.25, -0.2) is 4.98 Å². The van der Waals surface area contributed by atoms with Crippen LogP contribution in [0.3, 0.4) is 0 Å². The zero-order chi connectivity index (χ0) is 14.5. The Morgan fingerprint density at radius 2 is 2.15 bits per heavy atom. The van der Waals surface area contributed by atoms with Gasteiger partial charge in [0, 0.05) is 19.0 Å². The number of imidazole rings is 1. The number of carboxylic acids is 1. The molecule has 0 saturated carbocycles. The average molecular weight is 275 g/mol. The highest BCUT2D eigenvalue weighted by Gasteiger charge is 2.11. The summed E-state index contributed by atoms with van der Waals surface area (Å²) in [6.07, 6.45) is 1.93. The van der Waals surface area contributed by atoms with Gasteiger partial charge < -0.3 is 15.0 Å². The van der Waals surface area contributed by atoms with E-state index in [-0.39, 0.29) is 18.4 Å². The lowest BCUT2D eigenvalue weighted by Gasteiger charge is -2.11. The summed E-state index contributed by atoms with van der Waals surface area (Å²) in [7, 11) is 0. The van der Waals surface area contributed by atoms with Crippen LogP contribution in [0.15, 0.2) is 30.6 Å². The second kappa shape index (κ2) is 6.18. The van der Waals surface area contributed by atoms with Crippen LogP contribution in [0.1, 0.15) is 19.8 Å². The molecule has 1 heterocycles. The first-order valence-electron chi connectivity index (χ1n) is 6.47. The monoisotopic (exact) mass is 275 g/mol. The molecular weight excluding hydrogens is 258 g/mol. The van der Waals surface area contributed by atoms with Gasteiger partial charge in [-0.05, 0) is 19.1 Å². The van der Waals surface area contributed by atoms with E-state index in [0.717, 1.165) is 11.0 Å². The maximum atomic E-state index is 11.7. The summed E-state index contributed by atoms with van der Waals surface area (Å²) in [6, 6.07) is 7.35. The number of benzene rings is 1. The fraction of sp³-hybridized carbons (Fsp3) is 0.357. The lowest BCUT2D eigenvalue weighted by atomic mass is 10.2. The fourth-order valence-corrected chi connectivity index (χ4v) is 2.07. The number of nitrogens with one attached hydrogen (secondary N) is 1. The normalized spacial score (nSPS) is 12.2. The summed E-state index contributed by atoms with van der Waals surface area (Å²) < 4.78 is 1.91. The maximum Gasteiger partial charge on any atom is 0.305 e. The molecule has 0 aliphatic carbocycles. The molecule has 0 fully saturated rings. The number of para-hydroxylation sites is 2. The minimum Gasteiger partial charge on any atom is -0.481 e. The molecule has 1 aromatic carbocycles. The van der Waals surface area contributed by atoms with Gasteiger partial charge in [-0.15, -0.1) is 0 Å². The Balaban J connectivity index is 1.89. The van der Waals surface area contributed by atoms with Gasteiger partial charge in [0.2, 0.25) is 5.91 Å². The maximum absolute atomic E-state index is 11.7. The van der Waals surface area contributed by atoms with Crippen LogP contribution in [0.25, 0.3) is 11.0 Å². The number of fused-ring (bicyclic) bond motifs is 1. The summed E-state index contributed by atoms with van der Waals surface area (Å²) in [5, 5.41) is 11.3. The first-order chi connectivity index (χ1) is 9.56. The number of hydrogen-bond donors (Lipinski definition) is 2. The van der Waals surface area contributed by atoms with E-state index in [1.54, 1.807) is 13.3 Å². The number of hydrogen-bond acceptors (Lipinski definition) is 3. The molecule has 1 unspecified atom stereocenters. The number of amides is 1. The molecule has 0 bridgehead atoms. The highest BCUT2D eigenvalue weighted by atomic mass is 16.4. The van der Waals surface area contributed by atoms with Crippen molar-refractivity contribution in [3.05, 3.63) is 30.6 Å². The molecule has 6 nitrogen and oxygen atoms in total. The lowest BCUT2D eigenvalue weighted by molar-refractivity contribution is -0.137. The van der Waals surface area contributed by atoms with Gasteiger partial charge in [-0.3, -0.25) is 9.59 Å². The predicted octanol–water partition coefficient (Wildman–Crippen LogP) is 1.41. The van der Waals surface area contributed by atoms with Crippen LogP contribution < -0.4 is 5.32 Å². The third-order valence-corrected chi connectivity index (χ3v) is 3.00. The molecule has 2 aromatic rings. The molecule has 1 atom stereocenters. The largest absolute Gasteiger partial charge is 0.481 e. The molecule has 1 aromatic heterocycles. The minimum atomic E-state index is -0.918. The summed E-state index contributed by atoms with van der Waals surface area (Å²) in [5.74, 6) is -1.07. The van der Waals surface area contributed by atoms with E-state index >= 15 is 0 Å². The molecule has 20 heavy (non-hydrogen) atoms. The van der Waals surface area contributed by atoms with Crippen molar-refractivity contribution in [2.24, 2.45) is 0 Å². The van der Waals surface area contributed by atoms with Crippen molar-refractivity contribution in [1.29, 1.82) is 0 Å². The zero-order valence-corrected chi connectivity index (χ0v) is 11.2. The molecule has 0 radical (unpaired) electrons. The van der Waals surface area contributed by atoms with Crippen molar-refractivity contribution in [1.82, 2.24) is 14.9 Å². The fourth-order valence-electron chi connectivity index (χ4n) is 2.07. The molecule has 6 heteroatoms. The van der Waals surface area contributed by atoms with E-state index in [1.807, 2.05) is 28.8 Å². The molecule has 0 aliphatic rings. The van der Waals surface area contributed by atoms with Crippen molar-refractivity contribution in [3.63, 3.8) is 0 Å². The van der Waals surface area contributed by atoms with Gasteiger partial charge in [-0.1, -0.05) is 12.1 Å². The third-order valence-electron chi connectivity index (χ3n) is 3.00. The Bertz CT molecular complexity index is 621. The van der Waals surface area contributed by atoms with Gasteiger partial charge in [0.25, 0.3) is 0 Å². The molecule has 0 saturated heterocycles. The van der Waals surface area contributed by atoms with Crippen molar-refractivity contribution in [2.45, 2.75) is 32.4 Å². The molecule has 0 aliphatic heterocycles. The van der Waals surface area contributed by atoms with Crippen molar-refractivity contribution >= 4 is 22.9 Å². The number of aryl methyl sites for hydroxylation is 1. The molecule has 1 amide bonds. The second-order valence-corrected chi connectivity index (χ2v) is 4.74. The van der Waals surface area contributed by atoms with Gasteiger partial charge in [0.15, 0.2) is 0 Å². The van der Waals surface area contributed by atoms with E-state index in [0.29, 0.717) is 13.0 Å². The van der Waals surface area contributed by atoms with Gasteiger partial charge >= 0.3 is 5.97 Å². The Morgan fingerprint density at radius 3 is 2.90 bits per heavy atom. The quantitative estimate of drug-likeness (QED) is 0.834. The molecule has 2 rings (SSSR count). The Labute approximate surface area is 116 Å². The molecule has 2 N–H and O–H groups in total.